The summed E-state index contributed by atoms with van der Waals surface area (Å²) in [5.74, 6) is 1.88. The molecule has 0 aromatic heterocycles. The Labute approximate surface area is 139 Å². The van der Waals surface area contributed by atoms with E-state index >= 15 is 0 Å². The smallest absolute Gasteiger partial charge is 0.147 e. The number of rotatable bonds is 4. The largest absolute Gasteiger partial charge is 0.147 e. The van der Waals surface area contributed by atoms with Crippen molar-refractivity contribution in [2.45, 2.75) is 13.8 Å². The first-order chi connectivity index (χ1) is 8.27. The summed E-state index contributed by atoms with van der Waals surface area (Å²) < 4.78 is 11.5. The van der Waals surface area contributed by atoms with Crippen molar-refractivity contribution in [3.8, 4) is 11.5 Å². The number of aryl methyl sites for hydroxylation is 2. The van der Waals surface area contributed by atoms with Gasteiger partial charge < -0.3 is 0 Å². The summed E-state index contributed by atoms with van der Waals surface area (Å²) in [6.45, 7) is 4.09. The molecule has 0 bridgehead atoms. The van der Waals surface area contributed by atoms with Gasteiger partial charge in [0, 0.05) is 0 Å². The average Bonchev–Trinajstić information content (AvgIpc) is 2.34. The molecule has 0 amide bonds. The van der Waals surface area contributed by atoms with Gasteiger partial charge in [-0.25, -0.2) is 0 Å². The van der Waals surface area contributed by atoms with Gasteiger partial charge in [0.25, 0.3) is 0 Å². The zero-order valence-corrected chi connectivity index (χ0v) is 14.8. The summed E-state index contributed by atoms with van der Waals surface area (Å²) in [4.78, 5) is 0. The minimum absolute atomic E-state index is 0. The topological polar surface area (TPSA) is 18.5 Å². The van der Waals surface area contributed by atoms with Gasteiger partial charge in [-0.3, -0.25) is 0 Å². The maximum atomic E-state index is 5.74. The molecule has 0 unspecified atom stereocenters. The van der Waals surface area contributed by atoms with Crippen LogP contribution in [0.1, 0.15) is 11.1 Å². The van der Waals surface area contributed by atoms with Crippen molar-refractivity contribution in [1.29, 1.82) is 0 Å². The molecular weight excluding hydrogens is 362 g/mol. The Balaban J connectivity index is 0.00000162. The molecule has 0 aliphatic rings. The van der Waals surface area contributed by atoms with Gasteiger partial charge in [-0.05, 0) is 0 Å². The quantitative estimate of drug-likeness (QED) is 0.779. The van der Waals surface area contributed by atoms with Crippen LogP contribution in [-0.4, -0.2) is 0 Å². The van der Waals surface area contributed by atoms with E-state index in [0.29, 0.717) is 0 Å². The first-order valence-electron chi connectivity index (χ1n) is 5.47. The normalized spacial score (nSPS) is 8.74. The van der Waals surface area contributed by atoms with Crippen LogP contribution in [0.2, 0.25) is 0 Å². The van der Waals surface area contributed by atoms with Crippen LogP contribution >= 0.6 is 24.8 Å². The molecule has 0 radical (unpaired) electrons. The molecule has 19 heavy (non-hydrogen) atoms. The van der Waals surface area contributed by atoms with Crippen LogP contribution in [0.5, 0.6) is 11.5 Å². The Hall–Kier alpha value is -0.497. The van der Waals surface area contributed by atoms with E-state index in [0.717, 1.165) is 22.6 Å². The van der Waals surface area contributed by atoms with Crippen LogP contribution < -0.4 is 5.63 Å². The van der Waals surface area contributed by atoms with Gasteiger partial charge in [-0.2, -0.15) is 0 Å². The standard InChI is InChI=1S/2C7H8O.2ClH.Zr/c2*1-6-4-2-3-5-7(6)8;;;/h2*2-5,8H,1H3;2*1H;/q;;;;+2/p-2. The molecule has 0 aliphatic heterocycles. The molecule has 0 saturated carbocycles. The first-order valence-corrected chi connectivity index (χ1v) is 7.48. The van der Waals surface area contributed by atoms with Crippen molar-refractivity contribution in [1.82, 2.24) is 0 Å². The molecule has 0 spiro atoms. The third-order valence-corrected chi connectivity index (χ3v) is 3.98. The molecule has 0 aliphatic carbocycles. The van der Waals surface area contributed by atoms with Crippen LogP contribution in [0.4, 0.5) is 0 Å². The van der Waals surface area contributed by atoms with Gasteiger partial charge in [0.15, 0.2) is 0 Å². The number of hydrogen-bond acceptors (Lipinski definition) is 2. The molecule has 0 atom stereocenters. The average molecular weight is 378 g/mol. The Morgan fingerprint density at radius 2 is 1.05 bits per heavy atom. The van der Waals surface area contributed by atoms with E-state index in [1.807, 2.05) is 62.4 Å². The maximum Gasteiger partial charge on any atom is -0.147 e. The fourth-order valence-electron chi connectivity index (χ4n) is 1.45. The first kappa shape index (κ1) is 18.5. The fraction of sp³-hybridized carbons (Fsp3) is 0.143. The predicted molar refractivity (Wildman–Crippen MR) is 78.1 cm³/mol. The van der Waals surface area contributed by atoms with E-state index in [1.165, 1.54) is 0 Å². The van der Waals surface area contributed by atoms with Gasteiger partial charge in [-0.15, -0.1) is 24.8 Å². The zero-order valence-electron chi connectivity index (χ0n) is 10.8. The summed E-state index contributed by atoms with van der Waals surface area (Å²) >= 11 is -1.31. The number of para-hydroxylation sites is 2. The third-order valence-electron chi connectivity index (χ3n) is 2.49. The second-order valence-electron chi connectivity index (χ2n) is 3.82. The van der Waals surface area contributed by atoms with Gasteiger partial charge >= 0.3 is 115 Å². The minimum atomic E-state index is -1.31. The van der Waals surface area contributed by atoms with E-state index in [1.54, 1.807) is 0 Å². The van der Waals surface area contributed by atoms with E-state index in [9.17, 15) is 0 Å². The molecule has 0 heterocycles. The number of benzene rings is 2. The maximum absolute atomic E-state index is 5.74. The van der Waals surface area contributed by atoms with Crippen LogP contribution in [-0.2, 0) is 24.1 Å². The molecular formula is C14H16Cl2O2Zr. The second-order valence-corrected chi connectivity index (χ2v) is 5.23. The monoisotopic (exact) mass is 376 g/mol. The van der Waals surface area contributed by atoms with E-state index < -0.39 is 24.1 Å². The van der Waals surface area contributed by atoms with Gasteiger partial charge in [0.05, 0.1) is 0 Å². The summed E-state index contributed by atoms with van der Waals surface area (Å²) in [5.41, 5.74) is 2.31. The molecule has 0 fully saturated rings. The van der Waals surface area contributed by atoms with Crippen molar-refractivity contribution in [3.05, 3.63) is 59.7 Å². The summed E-state index contributed by atoms with van der Waals surface area (Å²) in [7, 11) is 0. The summed E-state index contributed by atoms with van der Waals surface area (Å²) in [5, 5.41) is 0. The van der Waals surface area contributed by atoms with Gasteiger partial charge in [-0.1, -0.05) is 0 Å². The predicted octanol–water partition coefficient (Wildman–Crippen LogP) is 4.52. The zero-order chi connectivity index (χ0) is 12.1. The molecule has 0 N–H and O–H groups in total. The van der Waals surface area contributed by atoms with Crippen molar-refractivity contribution in [2.24, 2.45) is 0 Å². The van der Waals surface area contributed by atoms with Crippen molar-refractivity contribution in [2.75, 3.05) is 0 Å². The van der Waals surface area contributed by atoms with E-state index in [4.69, 9.17) is 5.63 Å². The minimum Gasteiger partial charge on any atom is -0.147 e. The molecule has 2 aromatic carbocycles. The van der Waals surface area contributed by atoms with Crippen LogP contribution in [0.15, 0.2) is 48.5 Å². The third kappa shape index (κ3) is 5.56. The number of halogens is 2. The Bertz CT molecular complexity index is 461. The molecule has 0 saturated heterocycles. The summed E-state index contributed by atoms with van der Waals surface area (Å²) in [6.07, 6.45) is 0. The van der Waals surface area contributed by atoms with Crippen LogP contribution in [0, 0.1) is 13.8 Å². The Morgan fingerprint density at radius 1 is 0.684 bits per heavy atom. The van der Waals surface area contributed by atoms with E-state index in [-0.39, 0.29) is 24.8 Å². The van der Waals surface area contributed by atoms with Crippen molar-refractivity contribution >= 4 is 24.8 Å². The van der Waals surface area contributed by atoms with Gasteiger partial charge in [0.1, 0.15) is 0 Å². The molecule has 2 nitrogen and oxygen atoms in total. The Kier molecular flexibility index (Phi) is 9.17. The van der Waals surface area contributed by atoms with Crippen molar-refractivity contribution in [3.63, 3.8) is 0 Å². The number of hydrogen-bond donors (Lipinski definition) is 0. The molecule has 2 rings (SSSR count). The SMILES string of the molecule is Cc1ccccc1[O][Zr][O]c1ccccc1C.Cl.Cl. The van der Waals surface area contributed by atoms with Crippen LogP contribution in [0.3, 0.4) is 0 Å². The Morgan fingerprint density at radius 3 is 1.42 bits per heavy atom. The molecule has 102 valence electrons. The summed E-state index contributed by atoms with van der Waals surface area (Å²) in [6, 6.07) is 16.0. The van der Waals surface area contributed by atoms with Crippen LogP contribution in [0.25, 0.3) is 0 Å². The van der Waals surface area contributed by atoms with Crippen molar-refractivity contribution < 1.29 is 29.7 Å². The molecule has 5 heteroatoms. The van der Waals surface area contributed by atoms with Gasteiger partial charge in [0.2, 0.25) is 0 Å². The fourth-order valence-corrected chi connectivity index (χ4v) is 3.12. The molecule has 2 aromatic rings. The second kappa shape index (κ2) is 9.41. The van der Waals surface area contributed by atoms with E-state index in [2.05, 4.69) is 0 Å².